The molecule has 2 bridgehead atoms. The maximum atomic E-state index is 14.1. The van der Waals surface area contributed by atoms with E-state index in [-0.39, 0.29) is 23.2 Å². The lowest BCUT2D eigenvalue weighted by Crippen LogP contribution is -2.45. The van der Waals surface area contributed by atoms with Crippen LogP contribution in [0, 0.1) is 11.8 Å². The molecule has 36 heavy (non-hydrogen) atoms. The number of hydrogen-bond acceptors (Lipinski definition) is 3. The van der Waals surface area contributed by atoms with Gasteiger partial charge in [0.1, 0.15) is 11.3 Å². The molecule has 1 aliphatic carbocycles. The van der Waals surface area contributed by atoms with Gasteiger partial charge in [-0.05, 0) is 99.1 Å². The second kappa shape index (κ2) is 10.2. The molecule has 2 saturated heterocycles. The Balaban J connectivity index is 1.27. The number of hydrogen-bond donors (Lipinski definition) is 1. The van der Waals surface area contributed by atoms with Gasteiger partial charge in [0.05, 0.1) is 12.0 Å². The highest BCUT2D eigenvalue weighted by Gasteiger charge is 2.42. The molecule has 2 aromatic carbocycles. The molecule has 7 heteroatoms. The Morgan fingerprint density at radius 3 is 2.36 bits per heavy atom. The van der Waals surface area contributed by atoms with Crippen molar-refractivity contribution >= 4 is 16.7 Å². The quantitative estimate of drug-likeness (QED) is 0.439. The number of carboxylic acid groups (broad SMARTS) is 1. The van der Waals surface area contributed by atoms with Gasteiger partial charge in [-0.2, -0.15) is 13.2 Å². The highest BCUT2D eigenvalue weighted by molar-refractivity contribution is 5.89. The van der Waals surface area contributed by atoms with Gasteiger partial charge in [-0.25, -0.2) is 0 Å². The average molecular weight is 504 g/mol. The first-order chi connectivity index (χ1) is 17.2. The van der Waals surface area contributed by atoms with E-state index in [0.717, 1.165) is 76.3 Å². The van der Waals surface area contributed by atoms with Crippen LogP contribution in [-0.2, 0) is 17.4 Å². The molecule has 0 amide bonds. The second-order valence-corrected chi connectivity index (χ2v) is 11.2. The van der Waals surface area contributed by atoms with E-state index in [4.69, 9.17) is 4.74 Å². The number of carboxylic acids is 1. The number of alkyl halides is 3. The van der Waals surface area contributed by atoms with Gasteiger partial charge in [-0.3, -0.25) is 9.69 Å². The summed E-state index contributed by atoms with van der Waals surface area (Å²) < 4.78 is 48.3. The lowest BCUT2D eigenvalue weighted by molar-refractivity contribution is -0.144. The van der Waals surface area contributed by atoms with Gasteiger partial charge >= 0.3 is 12.1 Å². The van der Waals surface area contributed by atoms with E-state index in [1.54, 1.807) is 12.1 Å². The van der Waals surface area contributed by atoms with Crippen LogP contribution in [0.2, 0.25) is 0 Å². The molecular formula is C29H36F3NO3. The van der Waals surface area contributed by atoms with Crippen LogP contribution in [0.1, 0.15) is 75.8 Å². The molecule has 3 aliphatic rings. The topological polar surface area (TPSA) is 49.8 Å². The number of aliphatic carboxylic acids is 1. The summed E-state index contributed by atoms with van der Waals surface area (Å²) in [6.45, 7) is 3.08. The van der Waals surface area contributed by atoms with E-state index in [1.165, 1.54) is 6.07 Å². The van der Waals surface area contributed by atoms with Crippen molar-refractivity contribution in [2.24, 2.45) is 11.8 Å². The molecule has 0 radical (unpaired) electrons. The van der Waals surface area contributed by atoms with Crippen molar-refractivity contribution in [1.29, 1.82) is 0 Å². The fourth-order valence-corrected chi connectivity index (χ4v) is 6.74. The molecule has 2 unspecified atom stereocenters. The van der Waals surface area contributed by atoms with Crippen LogP contribution in [0.3, 0.4) is 0 Å². The minimum absolute atomic E-state index is 0.0532. The fraction of sp³-hybridized carbons (Fsp3) is 0.621. The number of nitrogens with zero attached hydrogens (tertiary/aromatic N) is 1. The van der Waals surface area contributed by atoms with E-state index >= 15 is 0 Å². The molecular weight excluding hydrogens is 467 g/mol. The summed E-state index contributed by atoms with van der Waals surface area (Å²) in [7, 11) is 0. The minimum atomic E-state index is -4.49. The van der Waals surface area contributed by atoms with Crippen molar-refractivity contribution < 1.29 is 27.8 Å². The van der Waals surface area contributed by atoms with Crippen molar-refractivity contribution in [2.75, 3.05) is 6.54 Å². The van der Waals surface area contributed by atoms with Crippen LogP contribution in [0.15, 0.2) is 30.3 Å². The zero-order chi connectivity index (χ0) is 25.4. The Kier molecular flexibility index (Phi) is 7.21. The van der Waals surface area contributed by atoms with Gasteiger partial charge in [-0.1, -0.05) is 31.2 Å². The van der Waals surface area contributed by atoms with Gasteiger partial charge < -0.3 is 9.84 Å². The van der Waals surface area contributed by atoms with E-state index in [9.17, 15) is 23.1 Å². The van der Waals surface area contributed by atoms with Crippen LogP contribution < -0.4 is 4.74 Å². The molecule has 3 fully saturated rings. The summed E-state index contributed by atoms with van der Waals surface area (Å²) in [5, 5.41) is 10.2. The maximum absolute atomic E-state index is 14.1. The number of benzene rings is 2. The average Bonchev–Trinajstić information content (AvgIpc) is 3.06. The van der Waals surface area contributed by atoms with Crippen molar-refractivity contribution in [2.45, 2.75) is 95.5 Å². The van der Waals surface area contributed by atoms with E-state index < -0.39 is 17.7 Å². The van der Waals surface area contributed by atoms with Crippen molar-refractivity contribution in [3.63, 3.8) is 0 Å². The monoisotopic (exact) mass is 503 g/mol. The summed E-state index contributed by atoms with van der Waals surface area (Å²) in [6.07, 6.45) is 4.20. The highest BCUT2D eigenvalue weighted by atomic mass is 19.4. The molecule has 1 N–H and O–H groups in total. The number of rotatable bonds is 7. The predicted molar refractivity (Wildman–Crippen MR) is 133 cm³/mol. The summed E-state index contributed by atoms with van der Waals surface area (Å²) in [5.41, 5.74) is 0.362. The van der Waals surface area contributed by atoms with Gasteiger partial charge in [0, 0.05) is 12.1 Å². The summed E-state index contributed by atoms with van der Waals surface area (Å²) in [4.78, 5) is 13.9. The van der Waals surface area contributed by atoms with Gasteiger partial charge in [-0.15, -0.1) is 0 Å². The number of carbonyl (C=O) groups is 1. The van der Waals surface area contributed by atoms with E-state index in [1.807, 2.05) is 12.1 Å². The van der Waals surface area contributed by atoms with E-state index in [0.29, 0.717) is 23.4 Å². The van der Waals surface area contributed by atoms with Gasteiger partial charge in [0.15, 0.2) is 0 Å². The van der Waals surface area contributed by atoms with Crippen LogP contribution >= 0.6 is 0 Å². The molecule has 2 aliphatic heterocycles. The Morgan fingerprint density at radius 1 is 1.03 bits per heavy atom. The van der Waals surface area contributed by atoms with E-state index in [2.05, 4.69) is 11.8 Å². The number of aryl methyl sites for hydroxylation is 1. The summed E-state index contributed by atoms with van der Waals surface area (Å²) in [6, 6.07) is 9.24. The molecule has 1 saturated carbocycles. The smallest absolute Gasteiger partial charge is 0.420 e. The third-order valence-corrected chi connectivity index (χ3v) is 8.70. The SMILES string of the molecule is CC1CCC(Oc2ccc3cc(CCCN4C5CC[C@@H]4CC(C(=O)O)C5)ccc3c2C(F)(F)F)CC1. The molecule has 0 spiro atoms. The minimum Gasteiger partial charge on any atom is -0.490 e. The molecule has 0 aromatic heterocycles. The second-order valence-electron chi connectivity index (χ2n) is 11.2. The Hall–Kier alpha value is -2.28. The van der Waals surface area contributed by atoms with Crippen LogP contribution in [0.5, 0.6) is 5.75 Å². The fourth-order valence-electron chi connectivity index (χ4n) is 6.74. The number of ether oxygens (including phenoxy) is 1. The first-order valence-electron chi connectivity index (χ1n) is 13.5. The molecule has 2 heterocycles. The van der Waals surface area contributed by atoms with Crippen LogP contribution in [0.4, 0.5) is 13.2 Å². The third-order valence-electron chi connectivity index (χ3n) is 8.70. The molecule has 4 nitrogen and oxygen atoms in total. The lowest BCUT2D eigenvalue weighted by atomic mass is 9.89. The van der Waals surface area contributed by atoms with Crippen molar-refractivity contribution in [3.05, 3.63) is 41.5 Å². The van der Waals surface area contributed by atoms with Crippen LogP contribution in [0.25, 0.3) is 10.8 Å². The Bertz CT molecular complexity index is 1080. The number of halogens is 3. The maximum Gasteiger partial charge on any atom is 0.420 e. The number of piperidine rings is 1. The zero-order valence-electron chi connectivity index (χ0n) is 20.9. The van der Waals surface area contributed by atoms with Crippen LogP contribution in [-0.4, -0.2) is 40.7 Å². The standard InChI is InChI=1S/C29H36F3NO3/c1-18-4-10-24(11-5-18)36-26-13-7-20-15-19(6-12-25(20)27(26)29(30,31)32)3-2-14-33-22-8-9-23(33)17-21(16-22)28(34)35/h6-7,12-13,15,18,21-24H,2-5,8-11,14,16-17H2,1H3,(H,34,35)/t18?,21?,22-,23?,24?/m1/s1. The Morgan fingerprint density at radius 2 is 1.72 bits per heavy atom. The van der Waals surface area contributed by atoms with Gasteiger partial charge in [0.25, 0.3) is 0 Å². The molecule has 3 atom stereocenters. The summed E-state index contributed by atoms with van der Waals surface area (Å²) >= 11 is 0. The number of fused-ring (bicyclic) bond motifs is 3. The molecule has 5 rings (SSSR count). The largest absolute Gasteiger partial charge is 0.490 e. The highest BCUT2D eigenvalue weighted by Crippen LogP contribution is 2.43. The molecule has 2 aromatic rings. The molecule has 196 valence electrons. The first kappa shape index (κ1) is 25.4. The van der Waals surface area contributed by atoms with Gasteiger partial charge in [0.2, 0.25) is 0 Å². The normalized spacial score (nSPS) is 28.9. The van der Waals surface area contributed by atoms with Crippen molar-refractivity contribution in [3.8, 4) is 5.75 Å². The summed E-state index contributed by atoms with van der Waals surface area (Å²) in [5.74, 6) is -0.350. The zero-order valence-corrected chi connectivity index (χ0v) is 20.9. The predicted octanol–water partition coefficient (Wildman–Crippen LogP) is 7.08. The first-order valence-corrected chi connectivity index (χ1v) is 13.5. The Labute approximate surface area is 210 Å². The lowest BCUT2D eigenvalue weighted by Gasteiger charge is -2.37. The third kappa shape index (κ3) is 5.36. The van der Waals surface area contributed by atoms with Crippen molar-refractivity contribution in [1.82, 2.24) is 4.90 Å².